The van der Waals surface area contributed by atoms with Crippen LogP contribution in [0.15, 0.2) is 138 Å². The predicted molar refractivity (Wildman–Crippen MR) is 169 cm³/mol. The van der Waals surface area contributed by atoms with Crippen LogP contribution in [0, 0.1) is 0 Å². The second-order valence-electron chi connectivity index (χ2n) is 11.3. The smallest absolute Gasteiger partial charge is 0.307 e. The molecule has 0 atom stereocenters. The standard InChI is InChI=1S/C38H28N2O/c1-38(2)32-18-10-8-17-30(32)31-22-21-27(24-33(31)38)40(35-19-11-9-15-28(35)25-12-4-3-5-13-25)37-39-34-23-20-26-14-6-7-16-29(26)36(34)41-37/h3-24H,1-2H3. The van der Waals surface area contributed by atoms with Gasteiger partial charge in [0, 0.05) is 16.4 Å². The number of rotatable bonds is 4. The first kappa shape index (κ1) is 23.7. The molecule has 3 heteroatoms. The van der Waals surface area contributed by atoms with Gasteiger partial charge in [-0.25, -0.2) is 0 Å². The van der Waals surface area contributed by atoms with Gasteiger partial charge in [-0.05, 0) is 57.5 Å². The van der Waals surface area contributed by atoms with Crippen LogP contribution in [0.5, 0.6) is 0 Å². The summed E-state index contributed by atoms with van der Waals surface area (Å²) < 4.78 is 6.69. The molecule has 0 aliphatic heterocycles. The summed E-state index contributed by atoms with van der Waals surface area (Å²) in [4.78, 5) is 7.26. The van der Waals surface area contributed by atoms with E-state index in [0.717, 1.165) is 44.4 Å². The second kappa shape index (κ2) is 8.94. The van der Waals surface area contributed by atoms with Crippen molar-refractivity contribution in [1.82, 2.24) is 4.98 Å². The van der Waals surface area contributed by atoms with Gasteiger partial charge in [-0.15, -0.1) is 0 Å². The highest BCUT2D eigenvalue weighted by molar-refractivity contribution is 6.03. The number of aromatic nitrogens is 1. The van der Waals surface area contributed by atoms with Gasteiger partial charge in [0.05, 0.1) is 11.4 Å². The van der Waals surface area contributed by atoms with E-state index in [1.54, 1.807) is 0 Å². The molecule has 8 rings (SSSR count). The third-order valence-corrected chi connectivity index (χ3v) is 8.51. The normalized spacial score (nSPS) is 13.3. The fourth-order valence-corrected chi connectivity index (χ4v) is 6.45. The van der Waals surface area contributed by atoms with Crippen LogP contribution in [-0.2, 0) is 5.41 Å². The molecule has 0 radical (unpaired) electrons. The van der Waals surface area contributed by atoms with Crippen LogP contribution in [0.3, 0.4) is 0 Å². The zero-order chi connectivity index (χ0) is 27.6. The average Bonchev–Trinajstić information content (AvgIpc) is 3.55. The Bertz CT molecular complexity index is 2090. The Hall–Kier alpha value is -5.15. The highest BCUT2D eigenvalue weighted by atomic mass is 16.4. The number of anilines is 3. The summed E-state index contributed by atoms with van der Waals surface area (Å²) in [5.41, 5.74) is 11.1. The molecular weight excluding hydrogens is 500 g/mol. The van der Waals surface area contributed by atoms with Crippen molar-refractivity contribution in [3.8, 4) is 22.3 Å². The first-order chi connectivity index (χ1) is 20.1. The molecule has 1 aliphatic rings. The second-order valence-corrected chi connectivity index (χ2v) is 11.3. The van der Waals surface area contributed by atoms with Gasteiger partial charge in [0.15, 0.2) is 5.58 Å². The lowest BCUT2D eigenvalue weighted by Gasteiger charge is -2.27. The van der Waals surface area contributed by atoms with E-state index in [9.17, 15) is 0 Å². The first-order valence-electron chi connectivity index (χ1n) is 14.1. The Labute approximate surface area is 239 Å². The molecule has 0 amide bonds. The molecular formula is C38H28N2O. The van der Waals surface area contributed by atoms with E-state index in [0.29, 0.717) is 6.01 Å². The highest BCUT2D eigenvalue weighted by Gasteiger charge is 2.36. The molecule has 0 bridgehead atoms. The summed E-state index contributed by atoms with van der Waals surface area (Å²) >= 11 is 0. The lowest BCUT2D eigenvalue weighted by molar-refractivity contribution is 0.611. The van der Waals surface area contributed by atoms with Crippen molar-refractivity contribution in [2.45, 2.75) is 19.3 Å². The summed E-state index contributed by atoms with van der Waals surface area (Å²) in [6.07, 6.45) is 0. The maximum atomic E-state index is 6.69. The maximum absolute atomic E-state index is 6.69. The summed E-state index contributed by atoms with van der Waals surface area (Å²) in [5.74, 6) is 0. The number of nitrogens with zero attached hydrogens (tertiary/aromatic N) is 2. The van der Waals surface area contributed by atoms with Crippen molar-refractivity contribution >= 4 is 39.3 Å². The Balaban J connectivity index is 1.39. The van der Waals surface area contributed by atoms with Gasteiger partial charge in [-0.2, -0.15) is 4.98 Å². The lowest BCUT2D eigenvalue weighted by atomic mass is 9.82. The van der Waals surface area contributed by atoms with Gasteiger partial charge in [0.2, 0.25) is 0 Å². The van der Waals surface area contributed by atoms with Gasteiger partial charge in [0.25, 0.3) is 0 Å². The summed E-state index contributed by atoms with van der Waals surface area (Å²) in [6.45, 7) is 4.63. The van der Waals surface area contributed by atoms with E-state index in [1.807, 2.05) is 12.1 Å². The van der Waals surface area contributed by atoms with Crippen LogP contribution in [0.2, 0.25) is 0 Å². The van der Waals surface area contributed by atoms with Gasteiger partial charge in [0.1, 0.15) is 5.52 Å². The molecule has 6 aromatic carbocycles. The van der Waals surface area contributed by atoms with Gasteiger partial charge in [-0.1, -0.05) is 123 Å². The Morgan fingerprint density at radius 1 is 0.610 bits per heavy atom. The molecule has 3 nitrogen and oxygen atoms in total. The predicted octanol–water partition coefficient (Wildman–Crippen LogP) is 10.4. The first-order valence-corrected chi connectivity index (χ1v) is 14.1. The monoisotopic (exact) mass is 528 g/mol. The number of hydrogen-bond donors (Lipinski definition) is 0. The number of fused-ring (bicyclic) bond motifs is 6. The van der Waals surface area contributed by atoms with Crippen LogP contribution < -0.4 is 4.90 Å². The molecule has 0 N–H and O–H groups in total. The van der Waals surface area contributed by atoms with Crippen molar-refractivity contribution in [2.75, 3.05) is 4.90 Å². The van der Waals surface area contributed by atoms with Gasteiger partial charge >= 0.3 is 6.01 Å². The largest absolute Gasteiger partial charge is 0.422 e. The molecule has 0 saturated carbocycles. The Kier molecular flexibility index (Phi) is 5.17. The third kappa shape index (κ3) is 3.63. The quantitative estimate of drug-likeness (QED) is 0.228. The molecule has 196 valence electrons. The molecule has 0 unspecified atom stereocenters. The topological polar surface area (TPSA) is 29.3 Å². The van der Waals surface area contributed by atoms with Crippen LogP contribution in [0.1, 0.15) is 25.0 Å². The Morgan fingerprint density at radius 2 is 1.32 bits per heavy atom. The fourth-order valence-electron chi connectivity index (χ4n) is 6.45. The van der Waals surface area contributed by atoms with Gasteiger partial charge < -0.3 is 4.42 Å². The molecule has 0 fully saturated rings. The number of benzene rings is 6. The van der Waals surface area contributed by atoms with Crippen molar-refractivity contribution < 1.29 is 4.42 Å². The Morgan fingerprint density at radius 3 is 2.20 bits per heavy atom. The summed E-state index contributed by atoms with van der Waals surface area (Å²) in [7, 11) is 0. The van der Waals surface area contributed by atoms with Crippen molar-refractivity contribution in [1.29, 1.82) is 0 Å². The lowest BCUT2D eigenvalue weighted by Crippen LogP contribution is -2.17. The van der Waals surface area contributed by atoms with E-state index in [2.05, 4.69) is 140 Å². The van der Waals surface area contributed by atoms with Gasteiger partial charge in [-0.3, -0.25) is 4.90 Å². The summed E-state index contributed by atoms with van der Waals surface area (Å²) in [6, 6.07) is 47.6. The molecule has 7 aromatic rings. The molecule has 1 heterocycles. The number of oxazole rings is 1. The molecule has 0 saturated heterocycles. The van der Waals surface area contributed by atoms with Crippen LogP contribution in [0.4, 0.5) is 17.4 Å². The minimum absolute atomic E-state index is 0.121. The molecule has 0 spiro atoms. The summed E-state index contributed by atoms with van der Waals surface area (Å²) in [5, 5.41) is 2.20. The van der Waals surface area contributed by atoms with Crippen molar-refractivity contribution in [3.05, 3.63) is 145 Å². The highest BCUT2D eigenvalue weighted by Crippen LogP contribution is 2.51. The zero-order valence-electron chi connectivity index (χ0n) is 23.0. The van der Waals surface area contributed by atoms with Crippen molar-refractivity contribution in [2.24, 2.45) is 0 Å². The van der Waals surface area contributed by atoms with Crippen LogP contribution in [-0.4, -0.2) is 4.98 Å². The molecule has 41 heavy (non-hydrogen) atoms. The fraction of sp³-hybridized carbons (Fsp3) is 0.0789. The van der Waals surface area contributed by atoms with E-state index in [1.165, 1.54) is 22.3 Å². The average molecular weight is 529 g/mol. The maximum Gasteiger partial charge on any atom is 0.307 e. The van der Waals surface area contributed by atoms with E-state index in [-0.39, 0.29) is 5.41 Å². The van der Waals surface area contributed by atoms with Crippen LogP contribution in [0.25, 0.3) is 44.1 Å². The van der Waals surface area contributed by atoms with E-state index < -0.39 is 0 Å². The zero-order valence-corrected chi connectivity index (χ0v) is 23.0. The minimum atomic E-state index is -0.121. The molecule has 1 aromatic heterocycles. The molecule has 1 aliphatic carbocycles. The van der Waals surface area contributed by atoms with E-state index >= 15 is 0 Å². The minimum Gasteiger partial charge on any atom is -0.422 e. The SMILES string of the molecule is CC1(C)c2ccccc2-c2ccc(N(c3nc4ccc5ccccc5c4o3)c3ccccc3-c3ccccc3)cc21. The number of para-hydroxylation sites is 1. The third-order valence-electron chi connectivity index (χ3n) is 8.51. The number of hydrogen-bond acceptors (Lipinski definition) is 3. The van der Waals surface area contributed by atoms with Crippen LogP contribution >= 0.6 is 0 Å². The van der Waals surface area contributed by atoms with E-state index in [4.69, 9.17) is 9.40 Å². The van der Waals surface area contributed by atoms with Crippen molar-refractivity contribution in [3.63, 3.8) is 0 Å².